The molecule has 1 atom stereocenters. The van der Waals surface area contributed by atoms with Crippen molar-refractivity contribution in [2.45, 2.75) is 32.6 Å². The predicted octanol–water partition coefficient (Wildman–Crippen LogP) is 2.97. The number of aryl methyl sites for hydroxylation is 1. The summed E-state index contributed by atoms with van der Waals surface area (Å²) in [6.45, 7) is 4.01. The van der Waals surface area contributed by atoms with Gasteiger partial charge in [0.2, 0.25) is 0 Å². The second kappa shape index (κ2) is 4.66. The Morgan fingerprint density at radius 2 is 2.14 bits per heavy atom. The van der Waals surface area contributed by atoms with E-state index in [1.807, 2.05) is 19.1 Å². The highest BCUT2D eigenvalue weighted by Gasteiger charge is 2.12. The molecular formula is C12H15NO. The SMILES string of the molecule is CCc1ccc(O)c(C(C#N)CC)c1. The highest BCUT2D eigenvalue weighted by molar-refractivity contribution is 5.41. The van der Waals surface area contributed by atoms with Crippen molar-refractivity contribution in [1.82, 2.24) is 0 Å². The zero-order valence-corrected chi connectivity index (χ0v) is 8.62. The van der Waals surface area contributed by atoms with E-state index in [9.17, 15) is 5.11 Å². The molecule has 0 radical (unpaired) electrons. The minimum absolute atomic E-state index is 0.193. The van der Waals surface area contributed by atoms with Crippen LogP contribution in [0.3, 0.4) is 0 Å². The molecular weight excluding hydrogens is 174 g/mol. The van der Waals surface area contributed by atoms with Crippen LogP contribution in [0.15, 0.2) is 18.2 Å². The molecule has 0 bridgehead atoms. The summed E-state index contributed by atoms with van der Waals surface area (Å²) in [4.78, 5) is 0. The van der Waals surface area contributed by atoms with Crippen LogP contribution < -0.4 is 0 Å². The summed E-state index contributed by atoms with van der Waals surface area (Å²) in [7, 11) is 0. The molecule has 0 fully saturated rings. The third-order valence-electron chi connectivity index (χ3n) is 2.44. The van der Waals surface area contributed by atoms with Crippen molar-refractivity contribution in [3.63, 3.8) is 0 Å². The largest absolute Gasteiger partial charge is 0.508 e. The van der Waals surface area contributed by atoms with Crippen molar-refractivity contribution >= 4 is 0 Å². The monoisotopic (exact) mass is 189 g/mol. The first-order chi connectivity index (χ1) is 6.72. The van der Waals surface area contributed by atoms with E-state index >= 15 is 0 Å². The molecule has 0 saturated carbocycles. The van der Waals surface area contributed by atoms with Crippen molar-refractivity contribution < 1.29 is 5.11 Å². The quantitative estimate of drug-likeness (QED) is 0.794. The van der Waals surface area contributed by atoms with E-state index in [-0.39, 0.29) is 11.7 Å². The van der Waals surface area contributed by atoms with Crippen LogP contribution in [0, 0.1) is 11.3 Å². The molecule has 0 amide bonds. The first kappa shape index (κ1) is 10.6. The fraction of sp³-hybridized carbons (Fsp3) is 0.417. The topological polar surface area (TPSA) is 44.0 Å². The fourth-order valence-electron chi connectivity index (χ4n) is 1.48. The number of aromatic hydroxyl groups is 1. The van der Waals surface area contributed by atoms with E-state index in [1.54, 1.807) is 6.07 Å². The summed E-state index contributed by atoms with van der Waals surface area (Å²) in [5.74, 6) is 0.0390. The molecule has 0 saturated heterocycles. The number of phenolic OH excluding ortho intramolecular Hbond substituents is 1. The van der Waals surface area contributed by atoms with E-state index in [0.29, 0.717) is 0 Å². The van der Waals surface area contributed by atoms with Crippen molar-refractivity contribution in [3.8, 4) is 11.8 Å². The van der Waals surface area contributed by atoms with Gasteiger partial charge in [0.25, 0.3) is 0 Å². The predicted molar refractivity (Wildman–Crippen MR) is 56.1 cm³/mol. The number of nitriles is 1. The van der Waals surface area contributed by atoms with E-state index < -0.39 is 0 Å². The Morgan fingerprint density at radius 1 is 1.43 bits per heavy atom. The first-order valence-corrected chi connectivity index (χ1v) is 4.94. The Kier molecular flexibility index (Phi) is 3.53. The first-order valence-electron chi connectivity index (χ1n) is 4.94. The molecule has 0 aliphatic heterocycles. The summed E-state index contributed by atoms with van der Waals surface area (Å²) < 4.78 is 0. The van der Waals surface area contributed by atoms with Gasteiger partial charge in [-0.1, -0.05) is 26.0 Å². The van der Waals surface area contributed by atoms with Crippen LogP contribution in [0.5, 0.6) is 5.75 Å². The summed E-state index contributed by atoms with van der Waals surface area (Å²) in [5, 5.41) is 18.5. The van der Waals surface area contributed by atoms with Gasteiger partial charge in [-0.2, -0.15) is 5.26 Å². The fourth-order valence-corrected chi connectivity index (χ4v) is 1.48. The molecule has 1 aromatic carbocycles. The number of benzene rings is 1. The van der Waals surface area contributed by atoms with Gasteiger partial charge in [0, 0.05) is 5.56 Å². The maximum atomic E-state index is 9.61. The van der Waals surface area contributed by atoms with Gasteiger partial charge in [-0.15, -0.1) is 0 Å². The van der Waals surface area contributed by atoms with Crippen molar-refractivity contribution in [1.29, 1.82) is 5.26 Å². The molecule has 0 heterocycles. The number of phenols is 1. The maximum absolute atomic E-state index is 9.61. The van der Waals surface area contributed by atoms with Gasteiger partial charge in [-0.25, -0.2) is 0 Å². The molecule has 0 aromatic heterocycles. The minimum Gasteiger partial charge on any atom is -0.508 e. The lowest BCUT2D eigenvalue weighted by atomic mass is 9.95. The third kappa shape index (κ3) is 2.05. The number of nitrogens with zero attached hydrogens (tertiary/aromatic N) is 1. The van der Waals surface area contributed by atoms with Crippen molar-refractivity contribution in [2.75, 3.05) is 0 Å². The van der Waals surface area contributed by atoms with Gasteiger partial charge in [0.1, 0.15) is 5.75 Å². The summed E-state index contributed by atoms with van der Waals surface area (Å²) >= 11 is 0. The number of hydrogen-bond acceptors (Lipinski definition) is 2. The Balaban J connectivity index is 3.12. The lowest BCUT2D eigenvalue weighted by Gasteiger charge is -2.10. The zero-order valence-electron chi connectivity index (χ0n) is 8.62. The Hall–Kier alpha value is -1.49. The Labute approximate surface area is 84.8 Å². The highest BCUT2D eigenvalue weighted by atomic mass is 16.3. The summed E-state index contributed by atoms with van der Waals surface area (Å²) in [6, 6.07) is 7.69. The van der Waals surface area contributed by atoms with Gasteiger partial charge in [-0.3, -0.25) is 0 Å². The second-order valence-electron chi connectivity index (χ2n) is 3.34. The van der Waals surface area contributed by atoms with Crippen LogP contribution >= 0.6 is 0 Å². The summed E-state index contributed by atoms with van der Waals surface area (Å²) in [5.41, 5.74) is 1.92. The van der Waals surface area contributed by atoms with Gasteiger partial charge in [-0.05, 0) is 24.5 Å². The van der Waals surface area contributed by atoms with E-state index in [0.717, 1.165) is 24.0 Å². The molecule has 1 N–H and O–H groups in total. The van der Waals surface area contributed by atoms with Gasteiger partial charge in [0.05, 0.1) is 12.0 Å². The third-order valence-corrected chi connectivity index (χ3v) is 2.44. The molecule has 74 valence electrons. The summed E-state index contributed by atoms with van der Waals surface area (Å²) in [6.07, 6.45) is 1.66. The van der Waals surface area contributed by atoms with Gasteiger partial charge in [0.15, 0.2) is 0 Å². The molecule has 14 heavy (non-hydrogen) atoms. The van der Waals surface area contributed by atoms with Crippen molar-refractivity contribution in [2.24, 2.45) is 0 Å². The van der Waals surface area contributed by atoms with Crippen molar-refractivity contribution in [3.05, 3.63) is 29.3 Å². The molecule has 0 spiro atoms. The molecule has 1 unspecified atom stereocenters. The van der Waals surface area contributed by atoms with Crippen LogP contribution in [0.25, 0.3) is 0 Å². The molecule has 1 rings (SSSR count). The Morgan fingerprint density at radius 3 is 2.64 bits per heavy atom. The van der Waals surface area contributed by atoms with Crippen LogP contribution in [0.4, 0.5) is 0 Å². The smallest absolute Gasteiger partial charge is 0.120 e. The molecule has 2 heteroatoms. The Bertz CT molecular complexity index is 352. The van der Waals surface area contributed by atoms with Gasteiger partial charge >= 0.3 is 0 Å². The zero-order chi connectivity index (χ0) is 10.6. The second-order valence-corrected chi connectivity index (χ2v) is 3.34. The molecule has 0 aliphatic rings. The molecule has 1 aromatic rings. The minimum atomic E-state index is -0.193. The van der Waals surface area contributed by atoms with Crippen LogP contribution in [-0.4, -0.2) is 5.11 Å². The van der Waals surface area contributed by atoms with E-state index in [1.165, 1.54) is 0 Å². The average molecular weight is 189 g/mol. The standard InChI is InChI=1S/C12H15NO/c1-3-9-5-6-12(14)11(7-9)10(4-2)8-13/h5-7,10,14H,3-4H2,1-2H3. The number of hydrogen-bond donors (Lipinski definition) is 1. The average Bonchev–Trinajstić information content (AvgIpc) is 2.22. The lowest BCUT2D eigenvalue weighted by molar-refractivity contribution is 0.465. The maximum Gasteiger partial charge on any atom is 0.120 e. The van der Waals surface area contributed by atoms with E-state index in [4.69, 9.17) is 5.26 Å². The van der Waals surface area contributed by atoms with E-state index in [2.05, 4.69) is 13.0 Å². The number of rotatable bonds is 3. The normalized spacial score (nSPS) is 12.1. The van der Waals surface area contributed by atoms with Gasteiger partial charge < -0.3 is 5.11 Å². The van der Waals surface area contributed by atoms with Crippen LogP contribution in [0.2, 0.25) is 0 Å². The lowest BCUT2D eigenvalue weighted by Crippen LogP contribution is -1.95. The van der Waals surface area contributed by atoms with Crippen LogP contribution in [-0.2, 0) is 6.42 Å². The molecule has 2 nitrogen and oxygen atoms in total. The van der Waals surface area contributed by atoms with Crippen LogP contribution in [0.1, 0.15) is 37.3 Å². The molecule has 0 aliphatic carbocycles. The highest BCUT2D eigenvalue weighted by Crippen LogP contribution is 2.28.